The van der Waals surface area contributed by atoms with Gasteiger partial charge in [0.25, 0.3) is 0 Å². The van der Waals surface area contributed by atoms with Crippen molar-refractivity contribution in [2.75, 3.05) is 33.4 Å². The van der Waals surface area contributed by atoms with Crippen LogP contribution in [0.3, 0.4) is 0 Å². The average molecular weight is 380 g/mol. The molecule has 2 aromatic carbocycles. The zero-order valence-corrected chi connectivity index (χ0v) is 16.4. The summed E-state index contributed by atoms with van der Waals surface area (Å²) in [5.41, 5.74) is 3.65. The van der Waals surface area contributed by atoms with Gasteiger partial charge in [0.2, 0.25) is 0 Å². The summed E-state index contributed by atoms with van der Waals surface area (Å²) >= 11 is 0. The third-order valence-electron chi connectivity index (χ3n) is 5.89. The van der Waals surface area contributed by atoms with Crippen LogP contribution in [0.15, 0.2) is 48.5 Å². The molecule has 2 amide bonds. The molecule has 1 N–H and O–H groups in total. The van der Waals surface area contributed by atoms with E-state index in [2.05, 4.69) is 23.5 Å². The van der Waals surface area contributed by atoms with Crippen molar-refractivity contribution in [1.29, 1.82) is 0 Å². The van der Waals surface area contributed by atoms with E-state index in [9.17, 15) is 4.79 Å². The van der Waals surface area contributed by atoms with Crippen molar-refractivity contribution in [3.63, 3.8) is 0 Å². The first-order valence-corrected chi connectivity index (χ1v) is 10.1. The molecule has 1 saturated heterocycles. The number of fused-ring (bicyclic) bond motifs is 1. The topological polar surface area (TPSA) is 50.8 Å². The maximum Gasteiger partial charge on any atom is 0.317 e. The SMILES string of the molecule is COc1cccc2c1CCN(C(=O)NC(c1ccccc1)C1CCOC1)CC2. The van der Waals surface area contributed by atoms with Crippen molar-refractivity contribution in [2.24, 2.45) is 5.92 Å². The van der Waals surface area contributed by atoms with Gasteiger partial charge in [-0.25, -0.2) is 4.79 Å². The monoisotopic (exact) mass is 380 g/mol. The van der Waals surface area contributed by atoms with E-state index in [4.69, 9.17) is 9.47 Å². The molecule has 4 rings (SSSR count). The molecule has 0 aromatic heterocycles. The van der Waals surface area contributed by atoms with Gasteiger partial charge in [0.1, 0.15) is 5.75 Å². The number of ether oxygens (including phenoxy) is 2. The van der Waals surface area contributed by atoms with Gasteiger partial charge in [-0.3, -0.25) is 0 Å². The Labute approximate surface area is 166 Å². The molecular formula is C23H28N2O3. The zero-order chi connectivity index (χ0) is 19.3. The van der Waals surface area contributed by atoms with Crippen LogP contribution in [0.2, 0.25) is 0 Å². The highest BCUT2D eigenvalue weighted by Crippen LogP contribution is 2.30. The fraction of sp³-hybridized carbons (Fsp3) is 0.435. The van der Waals surface area contributed by atoms with Crippen molar-refractivity contribution < 1.29 is 14.3 Å². The highest BCUT2D eigenvalue weighted by atomic mass is 16.5. The summed E-state index contributed by atoms with van der Waals surface area (Å²) in [5, 5.41) is 3.30. The fourth-order valence-electron chi connectivity index (χ4n) is 4.31. The molecule has 2 unspecified atom stereocenters. The van der Waals surface area contributed by atoms with E-state index in [0.717, 1.165) is 37.2 Å². The number of hydrogen-bond acceptors (Lipinski definition) is 3. The summed E-state index contributed by atoms with van der Waals surface area (Å²) in [7, 11) is 1.71. The first-order chi connectivity index (χ1) is 13.8. The van der Waals surface area contributed by atoms with E-state index < -0.39 is 0 Å². The number of methoxy groups -OCH3 is 1. The second-order valence-corrected chi connectivity index (χ2v) is 7.55. The second kappa shape index (κ2) is 8.65. The smallest absolute Gasteiger partial charge is 0.317 e. The van der Waals surface area contributed by atoms with Crippen molar-refractivity contribution in [3.8, 4) is 5.75 Å². The van der Waals surface area contributed by atoms with Crippen LogP contribution < -0.4 is 10.1 Å². The highest BCUT2D eigenvalue weighted by molar-refractivity contribution is 5.75. The molecule has 28 heavy (non-hydrogen) atoms. The van der Waals surface area contributed by atoms with Crippen molar-refractivity contribution in [1.82, 2.24) is 10.2 Å². The standard InChI is InChI=1S/C23H28N2O3/c1-27-21-9-5-8-17-10-13-25(14-11-20(17)21)23(26)24-22(19-12-15-28-16-19)18-6-3-2-4-7-18/h2-9,19,22H,10-16H2,1H3,(H,24,26). The number of carbonyl (C=O) groups is 1. The third kappa shape index (κ3) is 3.99. The minimum atomic E-state index is -0.0173. The Bertz CT molecular complexity index is 803. The Morgan fingerprint density at radius 3 is 2.71 bits per heavy atom. The van der Waals surface area contributed by atoms with Crippen LogP contribution in [0.5, 0.6) is 5.75 Å². The summed E-state index contributed by atoms with van der Waals surface area (Å²) in [5.74, 6) is 1.24. The van der Waals surface area contributed by atoms with Gasteiger partial charge in [0.05, 0.1) is 19.8 Å². The van der Waals surface area contributed by atoms with Gasteiger partial charge < -0.3 is 19.7 Å². The summed E-state index contributed by atoms with van der Waals surface area (Å²) < 4.78 is 11.1. The van der Waals surface area contributed by atoms with Gasteiger partial charge >= 0.3 is 6.03 Å². The Morgan fingerprint density at radius 2 is 1.96 bits per heavy atom. The maximum absolute atomic E-state index is 13.1. The molecule has 2 aromatic rings. The van der Waals surface area contributed by atoms with Gasteiger partial charge in [0, 0.05) is 25.6 Å². The van der Waals surface area contributed by atoms with Crippen LogP contribution in [0.4, 0.5) is 4.79 Å². The molecule has 0 aliphatic carbocycles. The molecule has 5 heteroatoms. The third-order valence-corrected chi connectivity index (χ3v) is 5.89. The molecule has 0 radical (unpaired) electrons. The predicted octanol–water partition coefficient (Wildman–Crippen LogP) is 3.58. The molecule has 5 nitrogen and oxygen atoms in total. The van der Waals surface area contributed by atoms with E-state index >= 15 is 0 Å². The second-order valence-electron chi connectivity index (χ2n) is 7.55. The molecule has 2 aliphatic rings. The number of rotatable bonds is 4. The Balaban J connectivity index is 1.48. The normalized spacial score (nSPS) is 20.2. The lowest BCUT2D eigenvalue weighted by Gasteiger charge is -2.28. The summed E-state index contributed by atoms with van der Waals surface area (Å²) in [4.78, 5) is 15.1. The predicted molar refractivity (Wildman–Crippen MR) is 109 cm³/mol. The van der Waals surface area contributed by atoms with E-state index in [0.29, 0.717) is 25.6 Å². The van der Waals surface area contributed by atoms with Gasteiger partial charge in [0.15, 0.2) is 0 Å². The van der Waals surface area contributed by atoms with E-state index in [1.54, 1.807) is 7.11 Å². The summed E-state index contributed by atoms with van der Waals surface area (Å²) in [6.07, 6.45) is 2.64. The molecular weight excluding hydrogens is 352 g/mol. The van der Waals surface area contributed by atoms with E-state index in [1.165, 1.54) is 11.1 Å². The van der Waals surface area contributed by atoms with Gasteiger partial charge in [-0.15, -0.1) is 0 Å². The lowest BCUT2D eigenvalue weighted by atomic mass is 9.92. The molecule has 0 spiro atoms. The van der Waals surface area contributed by atoms with E-state index in [1.807, 2.05) is 35.2 Å². The van der Waals surface area contributed by atoms with Crippen molar-refractivity contribution in [3.05, 3.63) is 65.2 Å². The summed E-state index contributed by atoms with van der Waals surface area (Å²) in [6, 6.07) is 16.4. The number of hydrogen-bond donors (Lipinski definition) is 1. The van der Waals surface area contributed by atoms with Gasteiger partial charge in [-0.1, -0.05) is 42.5 Å². The van der Waals surface area contributed by atoms with Crippen molar-refractivity contribution >= 4 is 6.03 Å². The Kier molecular flexibility index (Phi) is 5.81. The number of benzene rings is 2. The molecule has 2 aliphatic heterocycles. The first kappa shape index (κ1) is 18.8. The number of amides is 2. The molecule has 2 heterocycles. The molecule has 0 saturated carbocycles. The molecule has 0 bridgehead atoms. The molecule has 148 valence electrons. The number of nitrogens with zero attached hydrogens (tertiary/aromatic N) is 1. The Hall–Kier alpha value is -2.53. The van der Waals surface area contributed by atoms with Gasteiger partial charge in [-0.05, 0) is 42.0 Å². The fourth-order valence-corrected chi connectivity index (χ4v) is 4.31. The number of urea groups is 1. The van der Waals surface area contributed by atoms with Crippen molar-refractivity contribution in [2.45, 2.75) is 25.3 Å². The molecule has 1 fully saturated rings. The Morgan fingerprint density at radius 1 is 1.14 bits per heavy atom. The highest BCUT2D eigenvalue weighted by Gasteiger charge is 2.30. The number of nitrogens with one attached hydrogen (secondary N) is 1. The van der Waals surface area contributed by atoms with Crippen LogP contribution in [-0.2, 0) is 17.6 Å². The largest absolute Gasteiger partial charge is 0.496 e. The van der Waals surface area contributed by atoms with Crippen LogP contribution in [0.1, 0.15) is 29.2 Å². The average Bonchev–Trinajstić information content (AvgIpc) is 3.18. The minimum Gasteiger partial charge on any atom is -0.496 e. The summed E-state index contributed by atoms with van der Waals surface area (Å²) in [6.45, 7) is 2.88. The quantitative estimate of drug-likeness (QED) is 0.882. The van der Waals surface area contributed by atoms with Crippen LogP contribution in [-0.4, -0.2) is 44.3 Å². The van der Waals surface area contributed by atoms with Crippen LogP contribution in [0, 0.1) is 5.92 Å². The number of carbonyl (C=O) groups excluding carboxylic acids is 1. The van der Waals surface area contributed by atoms with E-state index in [-0.39, 0.29) is 12.1 Å². The molecule has 2 atom stereocenters. The van der Waals surface area contributed by atoms with Crippen LogP contribution >= 0.6 is 0 Å². The van der Waals surface area contributed by atoms with Crippen LogP contribution in [0.25, 0.3) is 0 Å². The lowest BCUT2D eigenvalue weighted by molar-refractivity contribution is 0.169. The van der Waals surface area contributed by atoms with Gasteiger partial charge in [-0.2, -0.15) is 0 Å². The lowest BCUT2D eigenvalue weighted by Crippen LogP contribution is -2.44. The first-order valence-electron chi connectivity index (χ1n) is 10.1. The zero-order valence-electron chi connectivity index (χ0n) is 16.4. The minimum absolute atomic E-state index is 0.00697. The maximum atomic E-state index is 13.1.